The molecule has 1 N–H and O–H groups in total. The van der Waals surface area contributed by atoms with Gasteiger partial charge in [0.15, 0.2) is 0 Å². The average Bonchev–Trinajstić information content (AvgIpc) is 3.10. The smallest absolute Gasteiger partial charge is 0.306 e. The summed E-state index contributed by atoms with van der Waals surface area (Å²) < 4.78 is 13.9. The van der Waals surface area contributed by atoms with Crippen molar-refractivity contribution in [1.29, 1.82) is 0 Å². The molecule has 1 aliphatic rings. The Kier molecular flexibility index (Phi) is 4.64. The molecule has 138 valence electrons. The molecule has 0 saturated carbocycles. The van der Waals surface area contributed by atoms with Crippen molar-refractivity contribution in [3.05, 3.63) is 82.6 Å². The van der Waals surface area contributed by atoms with Crippen molar-refractivity contribution in [2.45, 2.75) is 18.6 Å². The van der Waals surface area contributed by atoms with Crippen molar-refractivity contribution in [3.63, 3.8) is 0 Å². The molecule has 2 atom stereocenters. The normalized spacial score (nSPS) is 18.3. The predicted octanol–water partition coefficient (Wildman–Crippen LogP) is 4.77. The van der Waals surface area contributed by atoms with Crippen LogP contribution in [0.5, 0.6) is 5.75 Å². The molecule has 0 aliphatic carbocycles. The number of hydrogen-bond donors (Lipinski definition) is 1. The number of aromatic nitrogens is 1. The van der Waals surface area contributed by atoms with Gasteiger partial charge in [0.25, 0.3) is 0 Å². The van der Waals surface area contributed by atoms with Gasteiger partial charge in [-0.15, -0.1) is 0 Å². The topological polar surface area (TPSA) is 60.7 Å². The second-order valence-corrected chi connectivity index (χ2v) is 6.79. The van der Waals surface area contributed by atoms with Crippen LogP contribution >= 0.6 is 11.6 Å². The van der Waals surface area contributed by atoms with Gasteiger partial charge in [-0.2, -0.15) is 0 Å². The van der Waals surface area contributed by atoms with E-state index >= 15 is 0 Å². The first-order valence-electron chi connectivity index (χ1n) is 8.55. The molecule has 6 heteroatoms. The first-order valence-corrected chi connectivity index (χ1v) is 8.93. The second-order valence-electron chi connectivity index (χ2n) is 6.35. The number of carboxylic acid groups (broad SMARTS) is 1. The van der Waals surface area contributed by atoms with Gasteiger partial charge in [-0.3, -0.25) is 4.79 Å². The third kappa shape index (κ3) is 3.20. The fraction of sp³-hybridized carbons (Fsp3) is 0.190. The van der Waals surface area contributed by atoms with Crippen molar-refractivity contribution in [1.82, 2.24) is 4.57 Å². The maximum Gasteiger partial charge on any atom is 0.306 e. The molecule has 2 unspecified atom stereocenters. The molecule has 1 aliphatic heterocycles. The highest BCUT2D eigenvalue weighted by Gasteiger charge is 2.32. The summed E-state index contributed by atoms with van der Waals surface area (Å²) in [5.41, 5.74) is 3.38. The zero-order valence-corrected chi connectivity index (χ0v) is 15.4. The number of halogens is 1. The number of carboxylic acids is 1. The Labute approximate surface area is 161 Å². The quantitative estimate of drug-likeness (QED) is 0.704. The Bertz CT molecular complexity index is 997. The maximum absolute atomic E-state index is 11.5. The summed E-state index contributed by atoms with van der Waals surface area (Å²) in [6.07, 6.45) is 0.639. The number of methoxy groups -OCH3 is 1. The van der Waals surface area contributed by atoms with Crippen molar-refractivity contribution >= 4 is 17.6 Å². The number of carbonyl (C=O) groups is 1. The SMILES string of the molecule is COc1ccccc1C1OC(CC(=O)O)c2cccn2-c2ccc(Cl)cc21. The number of aliphatic carboxylic acids is 1. The minimum atomic E-state index is -0.921. The predicted molar refractivity (Wildman–Crippen MR) is 102 cm³/mol. The standard InChI is InChI=1S/C21H18ClNO4/c1-26-18-7-3-2-5-14(18)21-15-11-13(22)8-9-16(15)23-10-4-6-17(23)19(27-21)12-20(24)25/h2-11,19,21H,12H2,1H3,(H,24,25). The van der Waals surface area contributed by atoms with Crippen LogP contribution in [0.1, 0.15) is 35.4 Å². The summed E-state index contributed by atoms with van der Waals surface area (Å²) in [6.45, 7) is 0. The van der Waals surface area contributed by atoms with Crippen LogP contribution in [0.2, 0.25) is 5.02 Å². The van der Waals surface area contributed by atoms with Crippen molar-refractivity contribution < 1.29 is 19.4 Å². The molecule has 27 heavy (non-hydrogen) atoms. The van der Waals surface area contributed by atoms with Crippen LogP contribution < -0.4 is 4.74 Å². The first-order chi connectivity index (χ1) is 13.1. The molecule has 0 bridgehead atoms. The Morgan fingerprint density at radius 3 is 2.78 bits per heavy atom. The number of nitrogens with zero attached hydrogens (tertiary/aromatic N) is 1. The van der Waals surface area contributed by atoms with Gasteiger partial charge >= 0.3 is 5.97 Å². The summed E-state index contributed by atoms with van der Waals surface area (Å²) >= 11 is 6.29. The Balaban J connectivity index is 1.94. The molecule has 0 amide bonds. The fourth-order valence-corrected chi connectivity index (χ4v) is 3.75. The van der Waals surface area contributed by atoms with Gasteiger partial charge < -0.3 is 19.1 Å². The zero-order chi connectivity index (χ0) is 19.0. The lowest BCUT2D eigenvalue weighted by Crippen LogP contribution is -2.14. The second kappa shape index (κ2) is 7.10. The van der Waals surface area contributed by atoms with Gasteiger partial charge in [-0.05, 0) is 36.4 Å². The van der Waals surface area contributed by atoms with E-state index in [0.29, 0.717) is 10.8 Å². The Morgan fingerprint density at radius 2 is 2.00 bits per heavy atom. The molecule has 2 heterocycles. The van der Waals surface area contributed by atoms with E-state index in [1.54, 1.807) is 7.11 Å². The third-order valence-corrected chi connectivity index (χ3v) is 4.96. The van der Waals surface area contributed by atoms with E-state index in [9.17, 15) is 9.90 Å². The number of benzene rings is 2. The van der Waals surface area contributed by atoms with Crippen LogP contribution in [0.4, 0.5) is 0 Å². The van der Waals surface area contributed by atoms with Crippen LogP contribution in [0.15, 0.2) is 60.8 Å². The lowest BCUT2D eigenvalue weighted by atomic mass is 9.98. The Morgan fingerprint density at radius 1 is 1.19 bits per heavy atom. The fourth-order valence-electron chi connectivity index (χ4n) is 3.57. The van der Waals surface area contributed by atoms with Gasteiger partial charge in [-0.25, -0.2) is 0 Å². The number of rotatable bonds is 4. The molecule has 0 saturated heterocycles. The minimum Gasteiger partial charge on any atom is -0.496 e. The van der Waals surface area contributed by atoms with Gasteiger partial charge in [-0.1, -0.05) is 29.8 Å². The highest BCUT2D eigenvalue weighted by molar-refractivity contribution is 6.30. The van der Waals surface area contributed by atoms with Gasteiger partial charge in [0.05, 0.1) is 24.9 Å². The lowest BCUT2D eigenvalue weighted by Gasteiger charge is -2.24. The molecule has 1 aromatic heterocycles. The molecule has 0 radical (unpaired) electrons. The largest absolute Gasteiger partial charge is 0.496 e. The monoisotopic (exact) mass is 383 g/mol. The summed E-state index contributed by atoms with van der Waals surface area (Å²) in [7, 11) is 1.60. The minimum absolute atomic E-state index is 0.141. The molecular formula is C21H18ClNO4. The van der Waals surface area contributed by atoms with Crippen LogP contribution in [0.3, 0.4) is 0 Å². The number of ether oxygens (including phenoxy) is 2. The van der Waals surface area contributed by atoms with E-state index in [4.69, 9.17) is 21.1 Å². The molecular weight excluding hydrogens is 366 g/mol. The van der Waals surface area contributed by atoms with E-state index < -0.39 is 18.2 Å². The van der Waals surface area contributed by atoms with Crippen LogP contribution in [0.25, 0.3) is 5.69 Å². The molecule has 5 nitrogen and oxygen atoms in total. The first kappa shape index (κ1) is 17.6. The summed E-state index contributed by atoms with van der Waals surface area (Å²) in [5, 5.41) is 9.99. The number of fused-ring (bicyclic) bond motifs is 3. The van der Waals surface area contributed by atoms with E-state index in [1.165, 1.54) is 0 Å². The highest BCUT2D eigenvalue weighted by atomic mass is 35.5. The van der Waals surface area contributed by atoms with Crippen LogP contribution in [-0.4, -0.2) is 22.8 Å². The van der Waals surface area contributed by atoms with E-state index in [-0.39, 0.29) is 6.42 Å². The van der Waals surface area contributed by atoms with Crippen LogP contribution in [0, 0.1) is 0 Å². The van der Waals surface area contributed by atoms with Crippen LogP contribution in [-0.2, 0) is 9.53 Å². The lowest BCUT2D eigenvalue weighted by molar-refractivity contribution is -0.141. The van der Waals surface area contributed by atoms with E-state index in [1.807, 2.05) is 65.4 Å². The van der Waals surface area contributed by atoms with E-state index in [0.717, 1.165) is 22.5 Å². The molecule has 0 fully saturated rings. The van der Waals surface area contributed by atoms with Gasteiger partial charge in [0.2, 0.25) is 0 Å². The van der Waals surface area contributed by atoms with Crippen molar-refractivity contribution in [3.8, 4) is 11.4 Å². The zero-order valence-electron chi connectivity index (χ0n) is 14.6. The van der Waals surface area contributed by atoms with Gasteiger partial charge in [0, 0.05) is 22.3 Å². The van der Waals surface area contributed by atoms with Gasteiger partial charge in [0.1, 0.15) is 18.0 Å². The Hall–Kier alpha value is -2.76. The molecule has 3 aromatic rings. The summed E-state index contributed by atoms with van der Waals surface area (Å²) in [5.74, 6) is -0.246. The molecule has 0 spiro atoms. The highest BCUT2D eigenvalue weighted by Crippen LogP contribution is 2.44. The summed E-state index contributed by atoms with van der Waals surface area (Å²) in [4.78, 5) is 11.5. The number of para-hydroxylation sites is 1. The number of hydrogen-bond acceptors (Lipinski definition) is 3. The third-order valence-electron chi connectivity index (χ3n) is 4.72. The molecule has 2 aromatic carbocycles. The van der Waals surface area contributed by atoms with Crippen molar-refractivity contribution in [2.24, 2.45) is 0 Å². The maximum atomic E-state index is 11.5. The van der Waals surface area contributed by atoms with Crippen molar-refractivity contribution in [2.75, 3.05) is 7.11 Å². The van der Waals surface area contributed by atoms with E-state index in [2.05, 4.69) is 0 Å². The summed E-state index contributed by atoms with van der Waals surface area (Å²) in [6, 6.07) is 17.0. The molecule has 4 rings (SSSR count). The average molecular weight is 384 g/mol.